The monoisotopic (exact) mass is 338 g/mol. The Labute approximate surface area is 140 Å². The van der Waals surface area contributed by atoms with Crippen molar-refractivity contribution in [2.75, 3.05) is 24.6 Å². The number of amides is 2. The van der Waals surface area contributed by atoms with Gasteiger partial charge in [0.25, 0.3) is 0 Å². The molecule has 1 aromatic rings. The van der Waals surface area contributed by atoms with Crippen LogP contribution in [-0.2, 0) is 5.41 Å². The second kappa shape index (κ2) is 6.69. The highest BCUT2D eigenvalue weighted by Gasteiger charge is 2.39. The number of urea groups is 1. The number of hydrogen-bond acceptors (Lipinski definition) is 3. The summed E-state index contributed by atoms with van der Waals surface area (Å²) in [7, 11) is 0. The van der Waals surface area contributed by atoms with Crippen molar-refractivity contribution in [2.45, 2.75) is 36.7 Å². The number of halogens is 1. The maximum absolute atomic E-state index is 13.1. The number of aliphatic hydroxyl groups is 1. The van der Waals surface area contributed by atoms with Gasteiger partial charge in [-0.05, 0) is 42.7 Å². The SMILES string of the molecule is O=C(NCC1(c2ccc(F)cc2)CCC1)NC[C@]1(O)CCSC1. The molecule has 6 heteroatoms. The predicted octanol–water partition coefficient (Wildman–Crippen LogP) is 2.41. The number of benzene rings is 1. The summed E-state index contributed by atoms with van der Waals surface area (Å²) in [6.45, 7) is 0.826. The number of thioether (sulfide) groups is 1. The molecule has 0 unspecified atom stereocenters. The van der Waals surface area contributed by atoms with Gasteiger partial charge in [-0.3, -0.25) is 0 Å². The Hall–Kier alpha value is -1.27. The van der Waals surface area contributed by atoms with Crippen molar-refractivity contribution < 1.29 is 14.3 Å². The second-order valence-electron chi connectivity index (χ2n) is 6.70. The normalized spacial score (nSPS) is 25.7. The standard InChI is InChI=1S/C17H23FN2O2S/c18-14-4-2-13(3-5-14)16(6-1-7-16)10-19-15(21)20-11-17(22)8-9-23-12-17/h2-5,22H,1,6-12H2,(H2,19,20,21)/t17-/m1/s1. The summed E-state index contributed by atoms with van der Waals surface area (Å²) < 4.78 is 13.1. The van der Waals surface area contributed by atoms with E-state index in [1.165, 1.54) is 12.1 Å². The number of rotatable bonds is 5. The van der Waals surface area contributed by atoms with Gasteiger partial charge in [-0.15, -0.1) is 0 Å². The van der Waals surface area contributed by atoms with Crippen LogP contribution in [-0.4, -0.2) is 41.3 Å². The summed E-state index contributed by atoms with van der Waals surface area (Å²) in [6, 6.07) is 6.33. The maximum atomic E-state index is 13.1. The van der Waals surface area contributed by atoms with E-state index in [2.05, 4.69) is 10.6 Å². The Morgan fingerprint density at radius 1 is 1.17 bits per heavy atom. The van der Waals surface area contributed by atoms with Gasteiger partial charge >= 0.3 is 6.03 Å². The van der Waals surface area contributed by atoms with Crippen molar-refractivity contribution in [1.82, 2.24) is 10.6 Å². The number of hydrogen-bond donors (Lipinski definition) is 3. The fraction of sp³-hybridized carbons (Fsp3) is 0.588. The zero-order valence-corrected chi connectivity index (χ0v) is 13.9. The van der Waals surface area contributed by atoms with Gasteiger partial charge < -0.3 is 15.7 Å². The topological polar surface area (TPSA) is 61.4 Å². The van der Waals surface area contributed by atoms with Crippen LogP contribution in [0.25, 0.3) is 0 Å². The zero-order valence-electron chi connectivity index (χ0n) is 13.1. The molecule has 1 saturated heterocycles. The van der Waals surface area contributed by atoms with Gasteiger partial charge in [0.15, 0.2) is 0 Å². The summed E-state index contributed by atoms with van der Waals surface area (Å²) in [5.41, 5.74) is 0.231. The fourth-order valence-electron chi connectivity index (χ4n) is 3.27. The highest BCUT2D eigenvalue weighted by atomic mass is 32.2. The molecular weight excluding hydrogens is 315 g/mol. The minimum atomic E-state index is -0.771. The molecule has 23 heavy (non-hydrogen) atoms. The summed E-state index contributed by atoms with van der Waals surface area (Å²) in [5, 5.41) is 15.9. The van der Waals surface area contributed by atoms with Gasteiger partial charge in [0.1, 0.15) is 5.82 Å². The molecule has 3 rings (SSSR count). The number of carbonyl (C=O) groups is 1. The Bertz CT molecular complexity index is 554. The lowest BCUT2D eigenvalue weighted by atomic mass is 9.64. The first kappa shape index (κ1) is 16.6. The van der Waals surface area contributed by atoms with Gasteiger partial charge in [-0.25, -0.2) is 9.18 Å². The summed E-state index contributed by atoms with van der Waals surface area (Å²) in [6.07, 6.45) is 3.84. The Morgan fingerprint density at radius 2 is 1.87 bits per heavy atom. The molecule has 1 atom stereocenters. The molecular formula is C17H23FN2O2S. The van der Waals surface area contributed by atoms with E-state index in [1.54, 1.807) is 11.8 Å². The van der Waals surface area contributed by atoms with Crippen molar-refractivity contribution in [3.8, 4) is 0 Å². The van der Waals surface area contributed by atoms with Crippen LogP contribution in [0.5, 0.6) is 0 Å². The van der Waals surface area contributed by atoms with Gasteiger partial charge in [-0.2, -0.15) is 11.8 Å². The van der Waals surface area contributed by atoms with E-state index in [0.717, 1.165) is 37.0 Å². The largest absolute Gasteiger partial charge is 0.387 e. The molecule has 1 saturated carbocycles. The van der Waals surface area contributed by atoms with Crippen LogP contribution >= 0.6 is 11.8 Å². The molecule has 3 N–H and O–H groups in total. The van der Waals surface area contributed by atoms with Crippen LogP contribution in [0.3, 0.4) is 0 Å². The van der Waals surface area contributed by atoms with E-state index in [0.29, 0.717) is 12.3 Å². The van der Waals surface area contributed by atoms with Crippen LogP contribution in [0.1, 0.15) is 31.2 Å². The lowest BCUT2D eigenvalue weighted by Crippen LogP contribution is -2.51. The molecule has 1 aliphatic carbocycles. The molecule has 0 aromatic heterocycles. The Morgan fingerprint density at radius 3 is 2.43 bits per heavy atom. The van der Waals surface area contributed by atoms with E-state index in [9.17, 15) is 14.3 Å². The van der Waals surface area contributed by atoms with Gasteiger partial charge in [0.05, 0.1) is 5.60 Å². The van der Waals surface area contributed by atoms with E-state index in [4.69, 9.17) is 0 Å². The Balaban J connectivity index is 1.51. The smallest absolute Gasteiger partial charge is 0.314 e. The lowest BCUT2D eigenvalue weighted by Gasteiger charge is -2.42. The molecule has 126 valence electrons. The average Bonchev–Trinajstić information content (AvgIpc) is 2.93. The summed E-state index contributed by atoms with van der Waals surface area (Å²) in [4.78, 5) is 12.0. The molecule has 4 nitrogen and oxygen atoms in total. The van der Waals surface area contributed by atoms with Crippen molar-refractivity contribution >= 4 is 17.8 Å². The third-order valence-corrected chi connectivity index (χ3v) is 6.25. The van der Waals surface area contributed by atoms with Crippen LogP contribution in [0.15, 0.2) is 24.3 Å². The van der Waals surface area contributed by atoms with E-state index in [1.807, 2.05) is 12.1 Å². The van der Waals surface area contributed by atoms with Crippen LogP contribution < -0.4 is 10.6 Å². The summed E-state index contributed by atoms with van der Waals surface area (Å²) >= 11 is 1.71. The first-order valence-corrected chi connectivity index (χ1v) is 9.25. The molecule has 2 amide bonds. The molecule has 0 radical (unpaired) electrons. The maximum Gasteiger partial charge on any atom is 0.314 e. The molecule has 1 heterocycles. The van der Waals surface area contributed by atoms with Crippen molar-refractivity contribution in [2.24, 2.45) is 0 Å². The molecule has 0 bridgehead atoms. The third-order valence-electron chi connectivity index (χ3n) is 5.02. The van der Waals surface area contributed by atoms with E-state index < -0.39 is 5.60 Å². The van der Waals surface area contributed by atoms with Crippen LogP contribution in [0.2, 0.25) is 0 Å². The minimum absolute atomic E-state index is 0.0782. The van der Waals surface area contributed by atoms with Gasteiger partial charge in [0, 0.05) is 24.3 Å². The van der Waals surface area contributed by atoms with Crippen LogP contribution in [0, 0.1) is 5.82 Å². The molecule has 1 aromatic carbocycles. The molecule has 2 fully saturated rings. The highest BCUT2D eigenvalue weighted by molar-refractivity contribution is 7.99. The number of carbonyl (C=O) groups excluding carboxylic acids is 1. The van der Waals surface area contributed by atoms with Gasteiger partial charge in [-0.1, -0.05) is 18.6 Å². The van der Waals surface area contributed by atoms with E-state index >= 15 is 0 Å². The molecule has 1 aliphatic heterocycles. The predicted molar refractivity (Wildman–Crippen MR) is 90.2 cm³/mol. The second-order valence-corrected chi connectivity index (χ2v) is 7.81. The lowest BCUT2D eigenvalue weighted by molar-refractivity contribution is 0.0698. The van der Waals surface area contributed by atoms with E-state index in [-0.39, 0.29) is 23.8 Å². The number of nitrogens with one attached hydrogen (secondary N) is 2. The first-order chi connectivity index (χ1) is 11.0. The van der Waals surface area contributed by atoms with Crippen molar-refractivity contribution in [3.05, 3.63) is 35.6 Å². The highest BCUT2D eigenvalue weighted by Crippen LogP contribution is 2.43. The summed E-state index contributed by atoms with van der Waals surface area (Å²) in [5.74, 6) is 1.37. The zero-order chi connectivity index (χ0) is 16.3. The van der Waals surface area contributed by atoms with Gasteiger partial charge in [0.2, 0.25) is 0 Å². The first-order valence-electron chi connectivity index (χ1n) is 8.09. The van der Waals surface area contributed by atoms with Crippen LogP contribution in [0.4, 0.5) is 9.18 Å². The average molecular weight is 338 g/mol. The van der Waals surface area contributed by atoms with Crippen molar-refractivity contribution in [1.29, 1.82) is 0 Å². The molecule has 0 spiro atoms. The quantitative estimate of drug-likeness (QED) is 0.773. The Kier molecular flexibility index (Phi) is 4.82. The third kappa shape index (κ3) is 3.80. The fourth-order valence-corrected chi connectivity index (χ4v) is 4.56. The minimum Gasteiger partial charge on any atom is -0.387 e. The van der Waals surface area contributed by atoms with Crippen molar-refractivity contribution in [3.63, 3.8) is 0 Å². The molecule has 2 aliphatic rings.